The number of hydrogen-bond acceptors (Lipinski definition) is 3. The Balaban J connectivity index is 2.84. The van der Waals surface area contributed by atoms with E-state index in [2.05, 4.69) is 0 Å². The predicted octanol–water partition coefficient (Wildman–Crippen LogP) is 2.84. The van der Waals surface area contributed by atoms with Gasteiger partial charge in [-0.25, -0.2) is 4.79 Å². The van der Waals surface area contributed by atoms with E-state index in [4.69, 9.17) is 9.47 Å². The first-order chi connectivity index (χ1) is 8.12. The van der Waals surface area contributed by atoms with Crippen molar-refractivity contribution in [2.24, 2.45) is 0 Å². The van der Waals surface area contributed by atoms with Crippen LogP contribution in [0.4, 0.5) is 4.79 Å². The Bertz CT molecular complexity index is 386. The lowest BCUT2D eigenvalue weighted by Crippen LogP contribution is -2.33. The Kier molecular flexibility index (Phi) is 4.82. The van der Waals surface area contributed by atoms with Gasteiger partial charge in [-0.1, -0.05) is 6.07 Å². The van der Waals surface area contributed by atoms with Crippen LogP contribution in [0, 0.1) is 6.92 Å². The zero-order chi connectivity index (χ0) is 12.8. The van der Waals surface area contributed by atoms with E-state index in [1.165, 1.54) is 0 Å². The zero-order valence-corrected chi connectivity index (χ0v) is 10.8. The third-order valence-corrected chi connectivity index (χ3v) is 2.54. The van der Waals surface area contributed by atoms with Gasteiger partial charge in [0.1, 0.15) is 0 Å². The van der Waals surface area contributed by atoms with Gasteiger partial charge in [0.15, 0.2) is 11.5 Å². The van der Waals surface area contributed by atoms with Crippen molar-refractivity contribution in [3.8, 4) is 11.5 Å². The van der Waals surface area contributed by atoms with Crippen LogP contribution in [0.15, 0.2) is 18.2 Å². The molecule has 0 spiro atoms. The highest BCUT2D eigenvalue weighted by molar-refractivity contribution is 5.71. The van der Waals surface area contributed by atoms with Crippen molar-refractivity contribution in [1.82, 2.24) is 4.90 Å². The molecule has 0 fully saturated rings. The van der Waals surface area contributed by atoms with Gasteiger partial charge in [-0.3, -0.25) is 0 Å². The van der Waals surface area contributed by atoms with E-state index >= 15 is 0 Å². The van der Waals surface area contributed by atoms with Crippen LogP contribution in [0.3, 0.4) is 0 Å². The van der Waals surface area contributed by atoms with Gasteiger partial charge in [0, 0.05) is 13.1 Å². The lowest BCUT2D eigenvalue weighted by Gasteiger charge is -2.18. The summed E-state index contributed by atoms with van der Waals surface area (Å²) >= 11 is 0. The van der Waals surface area contributed by atoms with Gasteiger partial charge >= 0.3 is 6.09 Å². The van der Waals surface area contributed by atoms with Crippen molar-refractivity contribution in [3.05, 3.63) is 23.8 Å². The van der Waals surface area contributed by atoms with Crippen LogP contribution in [-0.2, 0) is 0 Å². The monoisotopic (exact) mass is 237 g/mol. The number of methoxy groups -OCH3 is 1. The van der Waals surface area contributed by atoms with E-state index in [1.807, 2.05) is 32.9 Å². The van der Waals surface area contributed by atoms with E-state index in [0.29, 0.717) is 24.6 Å². The number of benzene rings is 1. The molecule has 0 aliphatic heterocycles. The Morgan fingerprint density at radius 3 is 2.41 bits per heavy atom. The molecule has 4 nitrogen and oxygen atoms in total. The maximum Gasteiger partial charge on any atom is 0.415 e. The topological polar surface area (TPSA) is 38.8 Å². The minimum atomic E-state index is -0.350. The van der Waals surface area contributed by atoms with Crippen LogP contribution in [0.25, 0.3) is 0 Å². The molecule has 1 aromatic carbocycles. The summed E-state index contributed by atoms with van der Waals surface area (Å²) in [7, 11) is 1.56. The van der Waals surface area contributed by atoms with E-state index in [0.717, 1.165) is 5.56 Å². The Hall–Kier alpha value is -1.71. The second kappa shape index (κ2) is 6.13. The van der Waals surface area contributed by atoms with Crippen molar-refractivity contribution in [2.75, 3.05) is 20.2 Å². The zero-order valence-electron chi connectivity index (χ0n) is 10.8. The average Bonchev–Trinajstić information content (AvgIpc) is 2.33. The fourth-order valence-electron chi connectivity index (χ4n) is 1.50. The Morgan fingerprint density at radius 1 is 1.24 bits per heavy atom. The summed E-state index contributed by atoms with van der Waals surface area (Å²) in [5.41, 5.74) is 1.06. The first-order valence-corrected chi connectivity index (χ1v) is 5.73. The van der Waals surface area contributed by atoms with Crippen LogP contribution in [0.5, 0.6) is 11.5 Å². The molecule has 0 atom stereocenters. The first kappa shape index (κ1) is 13.4. The van der Waals surface area contributed by atoms with Crippen LogP contribution < -0.4 is 9.47 Å². The summed E-state index contributed by atoms with van der Waals surface area (Å²) < 4.78 is 10.5. The van der Waals surface area contributed by atoms with Gasteiger partial charge in [-0.15, -0.1) is 0 Å². The molecule has 0 N–H and O–H groups in total. The van der Waals surface area contributed by atoms with Crippen LogP contribution in [0.2, 0.25) is 0 Å². The number of carbonyl (C=O) groups is 1. The van der Waals surface area contributed by atoms with Crippen LogP contribution in [0.1, 0.15) is 19.4 Å². The molecule has 0 unspecified atom stereocenters. The van der Waals surface area contributed by atoms with E-state index in [9.17, 15) is 4.79 Å². The lowest BCUT2D eigenvalue weighted by atomic mass is 10.2. The smallest absolute Gasteiger partial charge is 0.415 e. The molecule has 0 bridgehead atoms. The second-order valence-corrected chi connectivity index (χ2v) is 3.69. The van der Waals surface area contributed by atoms with Crippen molar-refractivity contribution in [3.63, 3.8) is 0 Å². The number of ether oxygens (including phenoxy) is 2. The summed E-state index contributed by atoms with van der Waals surface area (Å²) in [4.78, 5) is 13.4. The van der Waals surface area contributed by atoms with Crippen molar-refractivity contribution < 1.29 is 14.3 Å². The largest absolute Gasteiger partial charge is 0.493 e. The predicted molar refractivity (Wildman–Crippen MR) is 66.7 cm³/mol. The molecule has 0 aromatic heterocycles. The van der Waals surface area contributed by atoms with Crippen LogP contribution in [-0.4, -0.2) is 31.2 Å². The number of rotatable bonds is 4. The molecule has 1 aromatic rings. The van der Waals surface area contributed by atoms with E-state index in [-0.39, 0.29) is 6.09 Å². The molecule has 4 heteroatoms. The average molecular weight is 237 g/mol. The molecule has 1 amide bonds. The highest BCUT2D eigenvalue weighted by Gasteiger charge is 2.14. The molecule has 0 aliphatic carbocycles. The molecule has 0 saturated carbocycles. The standard InChI is InChI=1S/C13H19NO3/c1-5-14(6-2)13(15)17-11-8-7-10(3)9-12(11)16-4/h7-9H,5-6H2,1-4H3. The normalized spacial score (nSPS) is 9.88. The highest BCUT2D eigenvalue weighted by Crippen LogP contribution is 2.28. The van der Waals surface area contributed by atoms with Crippen LogP contribution >= 0.6 is 0 Å². The lowest BCUT2D eigenvalue weighted by molar-refractivity contribution is 0.155. The van der Waals surface area contributed by atoms with Gasteiger partial charge in [0.05, 0.1) is 7.11 Å². The van der Waals surface area contributed by atoms with Crippen molar-refractivity contribution in [2.45, 2.75) is 20.8 Å². The third-order valence-electron chi connectivity index (χ3n) is 2.54. The van der Waals surface area contributed by atoms with Gasteiger partial charge in [-0.05, 0) is 38.5 Å². The number of nitrogens with zero attached hydrogens (tertiary/aromatic N) is 1. The van der Waals surface area contributed by atoms with Gasteiger partial charge in [0.25, 0.3) is 0 Å². The Labute approximate surface area is 102 Å². The molecular formula is C13H19NO3. The fourth-order valence-corrected chi connectivity index (χ4v) is 1.50. The summed E-state index contributed by atoms with van der Waals surface area (Å²) in [5, 5.41) is 0. The molecule has 17 heavy (non-hydrogen) atoms. The van der Waals surface area contributed by atoms with Crippen molar-refractivity contribution >= 4 is 6.09 Å². The summed E-state index contributed by atoms with van der Waals surface area (Å²) in [6.45, 7) is 7.04. The number of hydrogen-bond donors (Lipinski definition) is 0. The quantitative estimate of drug-likeness (QED) is 0.808. The van der Waals surface area contributed by atoms with Gasteiger partial charge in [-0.2, -0.15) is 0 Å². The van der Waals surface area contributed by atoms with Gasteiger partial charge in [0.2, 0.25) is 0 Å². The fraction of sp³-hybridized carbons (Fsp3) is 0.462. The molecule has 0 aliphatic rings. The number of carbonyl (C=O) groups excluding carboxylic acids is 1. The summed E-state index contributed by atoms with van der Waals surface area (Å²) in [6, 6.07) is 5.47. The first-order valence-electron chi connectivity index (χ1n) is 5.73. The summed E-state index contributed by atoms with van der Waals surface area (Å²) in [5.74, 6) is 1.03. The molecule has 0 radical (unpaired) electrons. The van der Waals surface area contributed by atoms with Gasteiger partial charge < -0.3 is 14.4 Å². The molecule has 94 valence electrons. The Morgan fingerprint density at radius 2 is 1.88 bits per heavy atom. The molecule has 1 rings (SSSR count). The van der Waals surface area contributed by atoms with E-state index in [1.54, 1.807) is 18.1 Å². The maximum absolute atomic E-state index is 11.8. The second-order valence-electron chi connectivity index (χ2n) is 3.69. The molecule has 0 saturated heterocycles. The minimum absolute atomic E-state index is 0.350. The molecule has 0 heterocycles. The minimum Gasteiger partial charge on any atom is -0.493 e. The van der Waals surface area contributed by atoms with Crippen molar-refractivity contribution in [1.29, 1.82) is 0 Å². The molecular weight excluding hydrogens is 218 g/mol. The highest BCUT2D eigenvalue weighted by atomic mass is 16.6. The SMILES string of the molecule is CCN(CC)C(=O)Oc1ccc(C)cc1OC. The van der Waals surface area contributed by atoms with E-state index < -0.39 is 0 Å². The third kappa shape index (κ3) is 3.37. The maximum atomic E-state index is 11.8. The summed E-state index contributed by atoms with van der Waals surface area (Å²) in [6.07, 6.45) is -0.350. The number of amides is 1. The number of aryl methyl sites for hydroxylation is 1.